The Morgan fingerprint density at radius 2 is 2.00 bits per heavy atom. The third kappa shape index (κ3) is 2.79. The third-order valence-electron chi connectivity index (χ3n) is 3.18. The van der Waals surface area contributed by atoms with Crippen molar-refractivity contribution in [1.82, 2.24) is 5.16 Å². The quantitative estimate of drug-likeness (QED) is 0.680. The van der Waals surface area contributed by atoms with E-state index in [4.69, 9.17) is 4.52 Å². The predicted molar refractivity (Wildman–Crippen MR) is 75.8 cm³/mol. The highest BCUT2D eigenvalue weighted by atomic mass is 16.6. The largest absolute Gasteiger partial charge is 0.378 e. The van der Waals surface area contributed by atoms with E-state index >= 15 is 0 Å². The number of hydrogen-bond donors (Lipinski definition) is 1. The summed E-state index contributed by atoms with van der Waals surface area (Å²) in [4.78, 5) is 10.5. The third-order valence-corrected chi connectivity index (χ3v) is 3.18. The van der Waals surface area contributed by atoms with Crippen molar-refractivity contribution < 1.29 is 9.45 Å². The van der Waals surface area contributed by atoms with E-state index in [1.54, 1.807) is 6.07 Å². The normalized spacial score (nSPS) is 12.2. The van der Waals surface area contributed by atoms with Crippen LogP contribution in [0.3, 0.4) is 0 Å². The molecule has 1 unspecified atom stereocenters. The van der Waals surface area contributed by atoms with E-state index in [2.05, 4.69) is 10.5 Å². The van der Waals surface area contributed by atoms with Crippen molar-refractivity contribution >= 4 is 11.4 Å². The van der Waals surface area contributed by atoms with Crippen LogP contribution in [0.25, 0.3) is 0 Å². The average molecular weight is 275 g/mol. The lowest BCUT2D eigenvalue weighted by atomic mass is 10.1. The van der Waals surface area contributed by atoms with Crippen molar-refractivity contribution in [3.63, 3.8) is 0 Å². The van der Waals surface area contributed by atoms with Crippen molar-refractivity contribution in [2.45, 2.75) is 33.7 Å². The molecule has 1 aromatic carbocycles. The van der Waals surface area contributed by atoms with E-state index in [0.717, 1.165) is 22.6 Å². The van der Waals surface area contributed by atoms with Gasteiger partial charge < -0.3 is 9.84 Å². The number of rotatable bonds is 4. The molecular weight excluding hydrogens is 258 g/mol. The van der Waals surface area contributed by atoms with Gasteiger partial charge >= 0.3 is 0 Å². The minimum Gasteiger partial charge on any atom is -0.378 e. The molecule has 0 spiro atoms. The summed E-state index contributed by atoms with van der Waals surface area (Å²) in [6.07, 6.45) is 0. The Kier molecular flexibility index (Phi) is 3.74. The second-order valence-electron chi connectivity index (χ2n) is 4.92. The van der Waals surface area contributed by atoms with Crippen LogP contribution in [-0.4, -0.2) is 10.1 Å². The molecular formula is C14H17N3O3. The van der Waals surface area contributed by atoms with Crippen LogP contribution in [-0.2, 0) is 0 Å². The van der Waals surface area contributed by atoms with Crippen LogP contribution in [0.2, 0.25) is 0 Å². The van der Waals surface area contributed by atoms with Gasteiger partial charge in [-0.25, -0.2) is 0 Å². The van der Waals surface area contributed by atoms with Crippen LogP contribution in [0.4, 0.5) is 11.4 Å². The number of nitrogens with zero attached hydrogens (tertiary/aromatic N) is 2. The number of non-ortho nitro benzene ring substituents is 1. The molecule has 0 saturated carbocycles. The molecule has 0 fully saturated rings. The maximum absolute atomic E-state index is 10.9. The van der Waals surface area contributed by atoms with Gasteiger partial charge in [-0.3, -0.25) is 10.1 Å². The monoisotopic (exact) mass is 275 g/mol. The molecule has 20 heavy (non-hydrogen) atoms. The SMILES string of the molecule is Cc1cc(NC(C)c2c(C)noc2C)cc([N+](=O)[O-])c1. The molecule has 0 amide bonds. The lowest BCUT2D eigenvalue weighted by Crippen LogP contribution is -2.08. The Bertz CT molecular complexity index is 630. The number of aryl methyl sites for hydroxylation is 3. The Balaban J connectivity index is 2.28. The fraction of sp³-hybridized carbons (Fsp3) is 0.357. The summed E-state index contributed by atoms with van der Waals surface area (Å²) in [5.41, 5.74) is 3.44. The summed E-state index contributed by atoms with van der Waals surface area (Å²) < 4.78 is 5.14. The molecule has 6 heteroatoms. The summed E-state index contributed by atoms with van der Waals surface area (Å²) in [7, 11) is 0. The van der Waals surface area contributed by atoms with Gasteiger partial charge in [0.25, 0.3) is 5.69 Å². The van der Waals surface area contributed by atoms with Gasteiger partial charge in [-0.2, -0.15) is 0 Å². The molecule has 0 radical (unpaired) electrons. The molecule has 1 atom stereocenters. The van der Waals surface area contributed by atoms with E-state index in [1.807, 2.05) is 33.8 Å². The Morgan fingerprint density at radius 1 is 1.30 bits per heavy atom. The molecule has 2 aromatic rings. The minimum atomic E-state index is -0.390. The van der Waals surface area contributed by atoms with Gasteiger partial charge in [0.15, 0.2) is 0 Å². The zero-order valence-corrected chi connectivity index (χ0v) is 11.9. The number of hydrogen-bond acceptors (Lipinski definition) is 5. The standard InChI is InChI=1S/C14H17N3O3/c1-8-5-12(7-13(6-8)17(18)19)15-9(2)14-10(3)16-20-11(14)4/h5-7,9,15H,1-4H3. The van der Waals surface area contributed by atoms with Crippen LogP contribution in [0.1, 0.15) is 35.5 Å². The van der Waals surface area contributed by atoms with Crippen molar-refractivity contribution in [3.05, 3.63) is 50.9 Å². The zero-order chi connectivity index (χ0) is 14.9. The first kappa shape index (κ1) is 14.0. The first-order valence-electron chi connectivity index (χ1n) is 6.34. The van der Waals surface area contributed by atoms with Crippen molar-refractivity contribution in [2.75, 3.05) is 5.32 Å². The van der Waals surface area contributed by atoms with Gasteiger partial charge in [-0.05, 0) is 39.3 Å². The summed E-state index contributed by atoms with van der Waals surface area (Å²) in [6.45, 7) is 7.54. The Hall–Kier alpha value is -2.37. The maximum atomic E-state index is 10.9. The molecule has 1 N–H and O–H groups in total. The molecule has 0 aliphatic carbocycles. The van der Waals surface area contributed by atoms with E-state index in [0.29, 0.717) is 5.69 Å². The molecule has 1 aromatic heterocycles. The van der Waals surface area contributed by atoms with Crippen LogP contribution >= 0.6 is 0 Å². The van der Waals surface area contributed by atoms with Gasteiger partial charge in [0.1, 0.15) is 5.76 Å². The highest BCUT2D eigenvalue weighted by Gasteiger charge is 2.17. The predicted octanol–water partition coefficient (Wildman–Crippen LogP) is 3.68. The van der Waals surface area contributed by atoms with Crippen LogP contribution in [0, 0.1) is 30.9 Å². The van der Waals surface area contributed by atoms with Crippen LogP contribution in [0.5, 0.6) is 0 Å². The van der Waals surface area contributed by atoms with Gasteiger partial charge in [0, 0.05) is 23.4 Å². The maximum Gasteiger partial charge on any atom is 0.271 e. The number of benzene rings is 1. The zero-order valence-electron chi connectivity index (χ0n) is 11.9. The van der Waals surface area contributed by atoms with E-state index < -0.39 is 4.92 Å². The van der Waals surface area contributed by atoms with E-state index in [1.165, 1.54) is 6.07 Å². The highest BCUT2D eigenvalue weighted by Crippen LogP contribution is 2.27. The highest BCUT2D eigenvalue weighted by molar-refractivity contribution is 5.55. The van der Waals surface area contributed by atoms with Crippen molar-refractivity contribution in [3.8, 4) is 0 Å². The molecule has 106 valence electrons. The topological polar surface area (TPSA) is 81.2 Å². The fourth-order valence-corrected chi connectivity index (χ4v) is 2.38. The second kappa shape index (κ2) is 5.32. The minimum absolute atomic E-state index is 0.0392. The smallest absolute Gasteiger partial charge is 0.271 e. The number of aromatic nitrogens is 1. The summed E-state index contributed by atoms with van der Waals surface area (Å²) in [5, 5.41) is 18.1. The number of nitro groups is 1. The number of nitrogens with one attached hydrogen (secondary N) is 1. The summed E-state index contributed by atoms with van der Waals surface area (Å²) in [5.74, 6) is 0.754. The number of anilines is 1. The summed E-state index contributed by atoms with van der Waals surface area (Å²) in [6, 6.07) is 4.91. The van der Waals surface area contributed by atoms with Gasteiger partial charge in [0.05, 0.1) is 16.7 Å². The molecule has 1 heterocycles. The lowest BCUT2D eigenvalue weighted by Gasteiger charge is -2.15. The van der Waals surface area contributed by atoms with E-state index in [-0.39, 0.29) is 11.7 Å². The number of nitro benzene ring substituents is 1. The lowest BCUT2D eigenvalue weighted by molar-refractivity contribution is -0.384. The molecule has 6 nitrogen and oxygen atoms in total. The molecule has 0 aliphatic rings. The average Bonchev–Trinajstić information content (AvgIpc) is 2.68. The molecule has 0 saturated heterocycles. The van der Waals surface area contributed by atoms with Gasteiger partial charge in [0.2, 0.25) is 0 Å². The van der Waals surface area contributed by atoms with Gasteiger partial charge in [-0.15, -0.1) is 0 Å². The Labute approximate surface area is 116 Å². The van der Waals surface area contributed by atoms with Crippen LogP contribution < -0.4 is 5.32 Å². The summed E-state index contributed by atoms with van der Waals surface area (Å²) >= 11 is 0. The van der Waals surface area contributed by atoms with Gasteiger partial charge in [-0.1, -0.05) is 5.16 Å². The molecule has 0 aliphatic heterocycles. The van der Waals surface area contributed by atoms with E-state index in [9.17, 15) is 10.1 Å². The van der Waals surface area contributed by atoms with Crippen molar-refractivity contribution in [2.24, 2.45) is 0 Å². The van der Waals surface area contributed by atoms with Crippen LogP contribution in [0.15, 0.2) is 22.7 Å². The fourth-order valence-electron chi connectivity index (χ4n) is 2.38. The Morgan fingerprint density at radius 3 is 2.55 bits per heavy atom. The second-order valence-corrected chi connectivity index (χ2v) is 4.92. The van der Waals surface area contributed by atoms with Crippen molar-refractivity contribution in [1.29, 1.82) is 0 Å². The molecule has 2 rings (SSSR count). The molecule has 0 bridgehead atoms. The first-order chi connectivity index (χ1) is 9.38. The first-order valence-corrected chi connectivity index (χ1v) is 6.34.